The number of hydrogen-bond donors (Lipinski definition) is 1. The van der Waals surface area contributed by atoms with E-state index in [1.807, 2.05) is 12.1 Å². The van der Waals surface area contributed by atoms with E-state index in [1.54, 1.807) is 46.0 Å². The number of nitrogens with zero attached hydrogens (tertiary/aromatic N) is 3. The topological polar surface area (TPSA) is 106 Å². The average molecular weight is 396 g/mol. The molecule has 2 amide bonds. The SMILES string of the molecule is CN(C(=O)OC(C)(C)C)[C@@H](Cc1ccc(C#N)c(C#N)c1)C(=O)NC1CCCC1. The van der Waals surface area contributed by atoms with Crippen LogP contribution in [0.25, 0.3) is 0 Å². The smallest absolute Gasteiger partial charge is 0.410 e. The molecule has 1 aliphatic carbocycles. The Kier molecular flexibility index (Phi) is 7.23. The lowest BCUT2D eigenvalue weighted by Crippen LogP contribution is -2.52. The highest BCUT2D eigenvalue weighted by Gasteiger charge is 2.32. The number of amides is 2. The summed E-state index contributed by atoms with van der Waals surface area (Å²) in [6.45, 7) is 5.31. The molecule has 1 aromatic rings. The second-order valence-corrected chi connectivity index (χ2v) is 8.40. The van der Waals surface area contributed by atoms with Gasteiger partial charge >= 0.3 is 6.09 Å². The van der Waals surface area contributed by atoms with Crippen LogP contribution >= 0.6 is 0 Å². The van der Waals surface area contributed by atoms with Crippen LogP contribution in [-0.4, -0.2) is 41.6 Å². The third-order valence-corrected chi connectivity index (χ3v) is 4.91. The van der Waals surface area contributed by atoms with Gasteiger partial charge in [-0.2, -0.15) is 10.5 Å². The van der Waals surface area contributed by atoms with E-state index in [0.29, 0.717) is 5.56 Å². The van der Waals surface area contributed by atoms with E-state index in [1.165, 1.54) is 4.90 Å². The van der Waals surface area contributed by atoms with Crippen molar-refractivity contribution in [3.8, 4) is 12.1 Å². The normalized spacial score (nSPS) is 15.1. The van der Waals surface area contributed by atoms with Gasteiger partial charge in [0, 0.05) is 19.5 Å². The van der Waals surface area contributed by atoms with Crippen LogP contribution in [0.4, 0.5) is 4.79 Å². The number of benzene rings is 1. The van der Waals surface area contributed by atoms with Crippen molar-refractivity contribution in [2.24, 2.45) is 0 Å². The molecule has 154 valence electrons. The van der Waals surface area contributed by atoms with Crippen LogP contribution in [0, 0.1) is 22.7 Å². The van der Waals surface area contributed by atoms with Gasteiger partial charge in [-0.05, 0) is 51.3 Å². The first-order chi connectivity index (χ1) is 13.6. The summed E-state index contributed by atoms with van der Waals surface area (Å²) >= 11 is 0. The third kappa shape index (κ3) is 6.22. The van der Waals surface area contributed by atoms with Gasteiger partial charge in [0.25, 0.3) is 0 Å². The van der Waals surface area contributed by atoms with Gasteiger partial charge in [0.05, 0.1) is 11.1 Å². The van der Waals surface area contributed by atoms with Crippen molar-refractivity contribution < 1.29 is 14.3 Å². The minimum absolute atomic E-state index is 0.118. The highest BCUT2D eigenvalue weighted by atomic mass is 16.6. The molecule has 0 aromatic heterocycles. The van der Waals surface area contributed by atoms with Gasteiger partial charge < -0.3 is 10.1 Å². The molecule has 2 rings (SSSR count). The first-order valence-corrected chi connectivity index (χ1v) is 9.84. The average Bonchev–Trinajstić information content (AvgIpc) is 3.16. The van der Waals surface area contributed by atoms with Crippen molar-refractivity contribution >= 4 is 12.0 Å². The van der Waals surface area contributed by atoms with Crippen molar-refractivity contribution in [2.75, 3.05) is 7.05 Å². The largest absolute Gasteiger partial charge is 0.444 e. The van der Waals surface area contributed by atoms with Crippen LogP contribution in [0.3, 0.4) is 0 Å². The number of likely N-dealkylation sites (N-methyl/N-ethyl adjacent to an activating group) is 1. The number of ether oxygens (including phenoxy) is 1. The summed E-state index contributed by atoms with van der Waals surface area (Å²) in [6, 6.07) is 8.18. The van der Waals surface area contributed by atoms with E-state index >= 15 is 0 Å². The number of nitriles is 2. The molecule has 7 nitrogen and oxygen atoms in total. The van der Waals surface area contributed by atoms with Crippen molar-refractivity contribution in [1.82, 2.24) is 10.2 Å². The number of carbonyl (C=O) groups is 2. The first kappa shape index (κ1) is 22.2. The third-order valence-electron chi connectivity index (χ3n) is 4.91. The molecule has 1 saturated carbocycles. The number of nitrogens with one attached hydrogen (secondary N) is 1. The second kappa shape index (κ2) is 9.43. The number of hydrogen-bond acceptors (Lipinski definition) is 5. The van der Waals surface area contributed by atoms with Gasteiger partial charge in [-0.15, -0.1) is 0 Å². The lowest BCUT2D eigenvalue weighted by atomic mass is 9.99. The Balaban J connectivity index is 2.26. The summed E-state index contributed by atoms with van der Waals surface area (Å²) in [5.41, 5.74) is 0.548. The Morgan fingerprint density at radius 3 is 2.38 bits per heavy atom. The quantitative estimate of drug-likeness (QED) is 0.822. The van der Waals surface area contributed by atoms with Crippen LogP contribution in [0.15, 0.2) is 18.2 Å². The summed E-state index contributed by atoms with van der Waals surface area (Å²) in [6.07, 6.45) is 3.67. The highest BCUT2D eigenvalue weighted by molar-refractivity contribution is 5.86. The minimum Gasteiger partial charge on any atom is -0.444 e. The van der Waals surface area contributed by atoms with Crippen LogP contribution in [0.2, 0.25) is 0 Å². The van der Waals surface area contributed by atoms with E-state index in [-0.39, 0.29) is 29.5 Å². The van der Waals surface area contributed by atoms with Gasteiger partial charge in [-0.25, -0.2) is 4.79 Å². The van der Waals surface area contributed by atoms with Gasteiger partial charge in [0.15, 0.2) is 0 Å². The molecule has 1 aliphatic rings. The summed E-state index contributed by atoms with van der Waals surface area (Å²) in [5.74, 6) is -0.242. The molecule has 1 atom stereocenters. The molecule has 0 unspecified atom stereocenters. The molecule has 29 heavy (non-hydrogen) atoms. The fourth-order valence-corrected chi connectivity index (χ4v) is 3.37. The van der Waals surface area contributed by atoms with E-state index in [0.717, 1.165) is 25.7 Å². The number of rotatable bonds is 5. The molecule has 1 N–H and O–H groups in total. The molecule has 0 radical (unpaired) electrons. The van der Waals surface area contributed by atoms with Crippen molar-refractivity contribution in [1.29, 1.82) is 10.5 Å². The molecule has 1 fully saturated rings. The zero-order chi connectivity index (χ0) is 21.6. The molecule has 0 bridgehead atoms. The van der Waals surface area contributed by atoms with E-state index < -0.39 is 17.7 Å². The molecule has 7 heteroatoms. The predicted molar refractivity (Wildman–Crippen MR) is 108 cm³/mol. The lowest BCUT2D eigenvalue weighted by molar-refractivity contribution is -0.126. The fourth-order valence-electron chi connectivity index (χ4n) is 3.37. The molecule has 1 aromatic carbocycles. The maximum absolute atomic E-state index is 13.0. The zero-order valence-corrected chi connectivity index (χ0v) is 17.5. The van der Waals surface area contributed by atoms with Crippen LogP contribution < -0.4 is 5.32 Å². The van der Waals surface area contributed by atoms with Crippen LogP contribution in [0.1, 0.15) is 63.1 Å². The van der Waals surface area contributed by atoms with Crippen molar-refractivity contribution in [3.05, 3.63) is 34.9 Å². The van der Waals surface area contributed by atoms with Gasteiger partial charge in [-0.1, -0.05) is 18.9 Å². The van der Waals surface area contributed by atoms with Crippen LogP contribution in [-0.2, 0) is 16.0 Å². The monoisotopic (exact) mass is 396 g/mol. The maximum atomic E-state index is 13.0. The molecule has 0 saturated heterocycles. The summed E-state index contributed by atoms with van der Waals surface area (Å²) in [7, 11) is 1.54. The number of carbonyl (C=O) groups excluding carboxylic acids is 2. The minimum atomic E-state index is -0.787. The Morgan fingerprint density at radius 1 is 1.21 bits per heavy atom. The summed E-state index contributed by atoms with van der Waals surface area (Å²) < 4.78 is 5.43. The van der Waals surface area contributed by atoms with Gasteiger partial charge in [0.2, 0.25) is 5.91 Å². The van der Waals surface area contributed by atoms with Crippen molar-refractivity contribution in [2.45, 2.75) is 70.6 Å². The Labute approximate surface area is 172 Å². The van der Waals surface area contributed by atoms with E-state index in [2.05, 4.69) is 5.32 Å². The predicted octanol–water partition coefficient (Wildman–Crippen LogP) is 3.27. The molecular formula is C22H28N4O3. The van der Waals surface area contributed by atoms with Gasteiger partial charge in [0.1, 0.15) is 23.8 Å². The zero-order valence-electron chi connectivity index (χ0n) is 17.5. The fraction of sp³-hybridized carbons (Fsp3) is 0.545. The molecular weight excluding hydrogens is 368 g/mol. The standard InChI is InChI=1S/C22H28N4O3/c1-22(2,3)29-21(28)26(4)19(20(27)25-18-7-5-6-8-18)12-15-9-10-16(13-23)17(11-15)14-24/h9-11,18-19H,5-8,12H2,1-4H3,(H,25,27)/t19-/m0/s1. The molecule has 0 aliphatic heterocycles. The summed E-state index contributed by atoms with van der Waals surface area (Å²) in [5, 5.41) is 21.4. The molecule has 0 heterocycles. The maximum Gasteiger partial charge on any atom is 0.410 e. The van der Waals surface area contributed by atoms with Gasteiger partial charge in [-0.3, -0.25) is 9.69 Å². The van der Waals surface area contributed by atoms with E-state index in [9.17, 15) is 14.9 Å². The highest BCUT2D eigenvalue weighted by Crippen LogP contribution is 2.20. The van der Waals surface area contributed by atoms with Crippen LogP contribution in [0.5, 0.6) is 0 Å². The Morgan fingerprint density at radius 2 is 1.83 bits per heavy atom. The Bertz CT molecular complexity index is 839. The lowest BCUT2D eigenvalue weighted by Gasteiger charge is -2.31. The van der Waals surface area contributed by atoms with E-state index in [4.69, 9.17) is 10.00 Å². The Hall–Kier alpha value is -3.06. The molecule has 0 spiro atoms. The van der Waals surface area contributed by atoms with Crippen molar-refractivity contribution in [3.63, 3.8) is 0 Å². The first-order valence-electron chi connectivity index (χ1n) is 9.84. The summed E-state index contributed by atoms with van der Waals surface area (Å²) in [4.78, 5) is 26.9. The second-order valence-electron chi connectivity index (χ2n) is 8.40.